The Morgan fingerprint density at radius 3 is 2.39 bits per heavy atom. The summed E-state index contributed by atoms with van der Waals surface area (Å²) < 4.78 is 1.17. The van der Waals surface area contributed by atoms with Crippen molar-refractivity contribution in [1.29, 1.82) is 0 Å². The van der Waals surface area contributed by atoms with Crippen LogP contribution in [-0.4, -0.2) is 5.11 Å². The molecule has 0 aromatic heterocycles. The molecule has 4 heteroatoms. The van der Waals surface area contributed by atoms with Gasteiger partial charge in [0.25, 0.3) is 0 Å². The average molecular weight is 352 g/mol. The van der Waals surface area contributed by atoms with Gasteiger partial charge in [-0.1, -0.05) is 6.07 Å². The molecule has 1 N–H and O–H groups in total. The summed E-state index contributed by atoms with van der Waals surface area (Å²) in [4.78, 5) is 0. The van der Waals surface area contributed by atoms with Gasteiger partial charge in [-0.25, -0.2) is 0 Å². The van der Waals surface area contributed by atoms with Crippen LogP contribution in [0.1, 0.15) is 11.1 Å². The van der Waals surface area contributed by atoms with Crippen LogP contribution in [0.5, 0.6) is 5.75 Å². The molecule has 0 atom stereocenters. The third-order valence-electron chi connectivity index (χ3n) is 2.56. The first-order chi connectivity index (χ1) is 8.56. The van der Waals surface area contributed by atoms with E-state index < -0.39 is 0 Å². The standard InChI is InChI=1S/C14H13IN2O/c1-9-3-6-14(18)13(7-9)17-16-12-5-4-11(15)8-10(12)2/h3-8,18H,1-2H3/b17-16+. The second kappa shape index (κ2) is 5.48. The van der Waals surface area contributed by atoms with Crippen LogP contribution in [0, 0.1) is 17.4 Å². The van der Waals surface area contributed by atoms with E-state index in [1.165, 1.54) is 3.57 Å². The van der Waals surface area contributed by atoms with Crippen LogP contribution in [0.25, 0.3) is 0 Å². The number of halogens is 1. The van der Waals surface area contributed by atoms with E-state index >= 15 is 0 Å². The second-order valence-corrected chi connectivity index (χ2v) is 5.37. The summed E-state index contributed by atoms with van der Waals surface area (Å²) in [5, 5.41) is 18.0. The number of benzene rings is 2. The minimum absolute atomic E-state index is 0.146. The lowest BCUT2D eigenvalue weighted by Gasteiger charge is -2.01. The molecular formula is C14H13IN2O. The number of rotatable bonds is 2. The Labute approximate surface area is 120 Å². The van der Waals surface area contributed by atoms with Crippen LogP contribution in [0.15, 0.2) is 46.6 Å². The maximum absolute atomic E-state index is 9.67. The molecule has 0 heterocycles. The molecule has 0 spiro atoms. The van der Waals surface area contributed by atoms with Gasteiger partial charge in [0, 0.05) is 3.57 Å². The number of nitrogens with zero attached hydrogens (tertiary/aromatic N) is 2. The lowest BCUT2D eigenvalue weighted by Crippen LogP contribution is -1.76. The molecule has 92 valence electrons. The van der Waals surface area contributed by atoms with Crippen LogP contribution in [0.2, 0.25) is 0 Å². The minimum Gasteiger partial charge on any atom is -0.506 e. The van der Waals surface area contributed by atoms with Gasteiger partial charge in [-0.2, -0.15) is 5.11 Å². The maximum atomic E-state index is 9.67. The summed E-state index contributed by atoms with van der Waals surface area (Å²) in [6.45, 7) is 3.95. The highest BCUT2D eigenvalue weighted by molar-refractivity contribution is 14.1. The fourth-order valence-electron chi connectivity index (χ4n) is 1.55. The molecular weight excluding hydrogens is 339 g/mol. The van der Waals surface area contributed by atoms with Gasteiger partial charge in [0.05, 0.1) is 5.69 Å². The molecule has 0 unspecified atom stereocenters. The van der Waals surface area contributed by atoms with E-state index in [1.54, 1.807) is 12.1 Å². The molecule has 2 aromatic rings. The number of azo groups is 1. The van der Waals surface area contributed by atoms with Crippen molar-refractivity contribution in [3.8, 4) is 5.75 Å². The van der Waals surface area contributed by atoms with Crippen LogP contribution in [-0.2, 0) is 0 Å². The van der Waals surface area contributed by atoms with E-state index in [1.807, 2.05) is 38.1 Å². The fraction of sp³-hybridized carbons (Fsp3) is 0.143. The van der Waals surface area contributed by atoms with E-state index in [2.05, 4.69) is 32.8 Å². The number of aromatic hydroxyl groups is 1. The Morgan fingerprint density at radius 2 is 1.67 bits per heavy atom. The maximum Gasteiger partial charge on any atom is 0.143 e. The van der Waals surface area contributed by atoms with Gasteiger partial charge in [-0.3, -0.25) is 0 Å². The van der Waals surface area contributed by atoms with Crippen LogP contribution >= 0.6 is 22.6 Å². The lowest BCUT2D eigenvalue weighted by atomic mass is 10.2. The summed E-state index contributed by atoms with van der Waals surface area (Å²) >= 11 is 2.26. The zero-order chi connectivity index (χ0) is 13.1. The van der Waals surface area contributed by atoms with E-state index in [9.17, 15) is 5.11 Å². The van der Waals surface area contributed by atoms with Gasteiger partial charge in [-0.05, 0) is 77.9 Å². The molecule has 0 bridgehead atoms. The molecule has 2 aromatic carbocycles. The molecule has 0 aliphatic heterocycles. The lowest BCUT2D eigenvalue weighted by molar-refractivity contribution is 0.476. The Kier molecular flexibility index (Phi) is 3.96. The van der Waals surface area contributed by atoms with Crippen molar-refractivity contribution in [2.45, 2.75) is 13.8 Å². The monoisotopic (exact) mass is 352 g/mol. The third kappa shape index (κ3) is 3.07. The summed E-state index contributed by atoms with van der Waals surface area (Å²) in [5.41, 5.74) is 3.42. The molecule has 2 rings (SSSR count). The summed E-state index contributed by atoms with van der Waals surface area (Å²) in [7, 11) is 0. The van der Waals surface area contributed by atoms with E-state index in [0.29, 0.717) is 5.69 Å². The zero-order valence-electron chi connectivity index (χ0n) is 10.2. The van der Waals surface area contributed by atoms with Gasteiger partial charge >= 0.3 is 0 Å². The first-order valence-electron chi connectivity index (χ1n) is 5.54. The minimum atomic E-state index is 0.146. The van der Waals surface area contributed by atoms with Crippen molar-refractivity contribution in [1.82, 2.24) is 0 Å². The molecule has 18 heavy (non-hydrogen) atoms. The number of aryl methyl sites for hydroxylation is 2. The largest absolute Gasteiger partial charge is 0.506 e. The Hall–Kier alpha value is -1.43. The predicted molar refractivity (Wildman–Crippen MR) is 80.9 cm³/mol. The second-order valence-electron chi connectivity index (χ2n) is 4.12. The van der Waals surface area contributed by atoms with Crippen molar-refractivity contribution >= 4 is 34.0 Å². The van der Waals surface area contributed by atoms with Gasteiger partial charge in [0.15, 0.2) is 0 Å². The molecule has 0 saturated heterocycles. The van der Waals surface area contributed by atoms with Crippen molar-refractivity contribution in [3.63, 3.8) is 0 Å². The number of phenols is 1. The topological polar surface area (TPSA) is 45.0 Å². The van der Waals surface area contributed by atoms with E-state index in [-0.39, 0.29) is 5.75 Å². The molecule has 0 radical (unpaired) electrons. The fourth-order valence-corrected chi connectivity index (χ4v) is 2.20. The summed E-state index contributed by atoms with van der Waals surface area (Å²) in [5.74, 6) is 0.146. The third-order valence-corrected chi connectivity index (χ3v) is 3.23. The molecule has 0 fully saturated rings. The molecule has 0 saturated carbocycles. The van der Waals surface area contributed by atoms with E-state index in [0.717, 1.165) is 16.8 Å². The quantitative estimate of drug-likeness (QED) is 0.598. The van der Waals surface area contributed by atoms with Gasteiger partial charge in [0.2, 0.25) is 0 Å². The summed E-state index contributed by atoms with van der Waals surface area (Å²) in [6, 6.07) is 11.2. The highest BCUT2D eigenvalue weighted by Gasteiger charge is 2.01. The number of phenolic OH excluding ortho intramolecular Hbond substituents is 1. The smallest absolute Gasteiger partial charge is 0.143 e. The van der Waals surface area contributed by atoms with Crippen LogP contribution in [0.4, 0.5) is 11.4 Å². The molecule has 3 nitrogen and oxygen atoms in total. The molecule has 0 amide bonds. The Balaban J connectivity index is 2.32. The van der Waals surface area contributed by atoms with Gasteiger partial charge in [0.1, 0.15) is 11.4 Å². The molecule has 0 aliphatic rings. The zero-order valence-corrected chi connectivity index (χ0v) is 12.3. The first kappa shape index (κ1) is 13.0. The average Bonchev–Trinajstić information content (AvgIpc) is 2.32. The highest BCUT2D eigenvalue weighted by Crippen LogP contribution is 2.30. The van der Waals surface area contributed by atoms with Gasteiger partial charge < -0.3 is 5.11 Å². The SMILES string of the molecule is Cc1ccc(O)c(/N=N/c2ccc(I)cc2C)c1. The summed E-state index contributed by atoms with van der Waals surface area (Å²) in [6.07, 6.45) is 0. The Morgan fingerprint density at radius 1 is 0.944 bits per heavy atom. The normalized spacial score (nSPS) is 11.1. The van der Waals surface area contributed by atoms with Crippen LogP contribution < -0.4 is 0 Å². The van der Waals surface area contributed by atoms with Crippen LogP contribution in [0.3, 0.4) is 0 Å². The number of hydrogen-bond acceptors (Lipinski definition) is 3. The van der Waals surface area contributed by atoms with Crippen molar-refractivity contribution in [2.75, 3.05) is 0 Å². The van der Waals surface area contributed by atoms with E-state index in [4.69, 9.17) is 0 Å². The highest BCUT2D eigenvalue weighted by atomic mass is 127. The van der Waals surface area contributed by atoms with Crippen molar-refractivity contribution < 1.29 is 5.11 Å². The Bertz CT molecular complexity index is 609. The first-order valence-corrected chi connectivity index (χ1v) is 6.61. The van der Waals surface area contributed by atoms with Crippen molar-refractivity contribution in [3.05, 3.63) is 51.1 Å². The van der Waals surface area contributed by atoms with Crippen molar-refractivity contribution in [2.24, 2.45) is 10.2 Å². The molecule has 0 aliphatic carbocycles. The predicted octanol–water partition coefficient (Wildman–Crippen LogP) is 5.03. The van der Waals surface area contributed by atoms with Gasteiger partial charge in [-0.15, -0.1) is 5.11 Å². The number of hydrogen-bond donors (Lipinski definition) is 1.